The molecule has 1 aliphatic rings. The summed E-state index contributed by atoms with van der Waals surface area (Å²) >= 11 is 0. The number of nitrogens with zero attached hydrogens (tertiary/aromatic N) is 2. The number of Topliss-reactive ketones (excluding diaryl/α,β-unsaturated/α-hetero) is 1. The fourth-order valence-electron chi connectivity index (χ4n) is 2.70. The van der Waals surface area contributed by atoms with Gasteiger partial charge in [0.1, 0.15) is 5.69 Å². The maximum Gasteiger partial charge on any atom is 0.178 e. The van der Waals surface area contributed by atoms with Crippen LogP contribution in [0.2, 0.25) is 0 Å². The maximum absolute atomic E-state index is 11.3. The molecule has 1 atom stereocenters. The summed E-state index contributed by atoms with van der Waals surface area (Å²) in [7, 11) is 0. The van der Waals surface area contributed by atoms with Gasteiger partial charge < -0.3 is 4.90 Å². The lowest BCUT2D eigenvalue weighted by atomic mass is 10.1. The quantitative estimate of drug-likeness (QED) is 0.768. The molecule has 19 heavy (non-hydrogen) atoms. The van der Waals surface area contributed by atoms with Gasteiger partial charge in [-0.1, -0.05) is 18.2 Å². The van der Waals surface area contributed by atoms with Gasteiger partial charge in [-0.15, -0.1) is 0 Å². The van der Waals surface area contributed by atoms with Crippen molar-refractivity contribution in [3.8, 4) is 0 Å². The molecule has 1 unspecified atom stereocenters. The Morgan fingerprint density at radius 3 is 2.74 bits per heavy atom. The first-order chi connectivity index (χ1) is 9.16. The molecule has 1 aromatic carbocycles. The minimum Gasteiger partial charge on any atom is -0.337 e. The summed E-state index contributed by atoms with van der Waals surface area (Å²) in [6, 6.07) is 12.6. The number of carbonyl (C=O) groups is 1. The number of aromatic nitrogens is 1. The molecule has 0 saturated carbocycles. The van der Waals surface area contributed by atoms with Crippen molar-refractivity contribution < 1.29 is 4.79 Å². The van der Waals surface area contributed by atoms with Gasteiger partial charge >= 0.3 is 0 Å². The van der Waals surface area contributed by atoms with Crippen LogP contribution in [0.1, 0.15) is 29.9 Å². The number of ketones is 1. The summed E-state index contributed by atoms with van der Waals surface area (Å²) in [5, 5.41) is 0. The van der Waals surface area contributed by atoms with Crippen molar-refractivity contribution in [2.24, 2.45) is 0 Å². The van der Waals surface area contributed by atoms with Crippen molar-refractivity contribution in [1.82, 2.24) is 4.98 Å². The highest BCUT2D eigenvalue weighted by atomic mass is 16.1. The Bertz CT molecular complexity index is 619. The van der Waals surface area contributed by atoms with Gasteiger partial charge in [-0.05, 0) is 37.1 Å². The van der Waals surface area contributed by atoms with Gasteiger partial charge in [0.05, 0.1) is 11.9 Å². The first-order valence-electron chi connectivity index (χ1n) is 6.51. The van der Waals surface area contributed by atoms with E-state index < -0.39 is 0 Å². The largest absolute Gasteiger partial charge is 0.337 e. The van der Waals surface area contributed by atoms with E-state index in [1.54, 1.807) is 12.3 Å². The predicted octanol–water partition coefficient (Wildman–Crippen LogP) is 3.37. The van der Waals surface area contributed by atoms with E-state index in [0.29, 0.717) is 11.7 Å². The second kappa shape index (κ2) is 4.50. The average molecular weight is 252 g/mol. The van der Waals surface area contributed by atoms with Crippen LogP contribution in [0.5, 0.6) is 0 Å². The van der Waals surface area contributed by atoms with Crippen molar-refractivity contribution in [3.63, 3.8) is 0 Å². The second-order valence-corrected chi connectivity index (χ2v) is 5.01. The normalized spacial score (nSPS) is 17.4. The molecule has 0 saturated heterocycles. The Morgan fingerprint density at radius 2 is 2.05 bits per heavy atom. The molecule has 0 spiro atoms. The number of benzene rings is 1. The first kappa shape index (κ1) is 11.9. The van der Waals surface area contributed by atoms with Crippen molar-refractivity contribution in [1.29, 1.82) is 0 Å². The maximum atomic E-state index is 11.3. The zero-order valence-corrected chi connectivity index (χ0v) is 11.1. The lowest BCUT2D eigenvalue weighted by Crippen LogP contribution is -2.24. The van der Waals surface area contributed by atoms with Crippen molar-refractivity contribution in [2.45, 2.75) is 26.3 Å². The van der Waals surface area contributed by atoms with Crippen molar-refractivity contribution >= 4 is 17.2 Å². The predicted molar refractivity (Wildman–Crippen MR) is 76.0 cm³/mol. The second-order valence-electron chi connectivity index (χ2n) is 5.01. The summed E-state index contributed by atoms with van der Waals surface area (Å²) in [6.07, 6.45) is 2.83. The van der Waals surface area contributed by atoms with Crippen LogP contribution in [0, 0.1) is 0 Å². The van der Waals surface area contributed by atoms with Crippen molar-refractivity contribution in [2.75, 3.05) is 4.90 Å². The van der Waals surface area contributed by atoms with Gasteiger partial charge in [-0.3, -0.25) is 9.78 Å². The van der Waals surface area contributed by atoms with E-state index in [1.807, 2.05) is 6.07 Å². The molecule has 3 nitrogen and oxygen atoms in total. The first-order valence-corrected chi connectivity index (χ1v) is 6.51. The number of fused-ring (bicyclic) bond motifs is 1. The van der Waals surface area contributed by atoms with E-state index >= 15 is 0 Å². The number of anilines is 2. The molecule has 1 aliphatic heterocycles. The van der Waals surface area contributed by atoms with Gasteiger partial charge in [-0.2, -0.15) is 0 Å². The summed E-state index contributed by atoms with van der Waals surface area (Å²) in [5.41, 5.74) is 4.17. The molecule has 3 rings (SSSR count). The molecule has 0 aliphatic carbocycles. The van der Waals surface area contributed by atoms with E-state index in [4.69, 9.17) is 0 Å². The molecule has 0 amide bonds. The molecular weight excluding hydrogens is 236 g/mol. The third-order valence-electron chi connectivity index (χ3n) is 3.59. The minimum atomic E-state index is 0.00132. The van der Waals surface area contributed by atoms with Gasteiger partial charge in [0.2, 0.25) is 0 Å². The number of rotatable bonds is 2. The molecule has 2 aromatic rings. The molecule has 0 radical (unpaired) electrons. The summed E-state index contributed by atoms with van der Waals surface area (Å²) in [5.74, 6) is 0.00132. The van der Waals surface area contributed by atoms with Crippen molar-refractivity contribution in [3.05, 3.63) is 53.9 Å². The van der Waals surface area contributed by atoms with Gasteiger partial charge in [0.15, 0.2) is 5.78 Å². The zero-order chi connectivity index (χ0) is 13.4. The van der Waals surface area contributed by atoms with E-state index in [1.165, 1.54) is 18.2 Å². The van der Waals surface area contributed by atoms with Gasteiger partial charge in [-0.25, -0.2) is 0 Å². The number of carbonyl (C=O) groups excluding carboxylic acids is 1. The van der Waals surface area contributed by atoms with Crippen LogP contribution < -0.4 is 4.90 Å². The third-order valence-corrected chi connectivity index (χ3v) is 3.59. The Hall–Kier alpha value is -2.16. The van der Waals surface area contributed by atoms with Gasteiger partial charge in [0.25, 0.3) is 0 Å². The molecule has 0 fully saturated rings. The molecule has 96 valence electrons. The number of hydrogen-bond donors (Lipinski definition) is 0. The summed E-state index contributed by atoms with van der Waals surface area (Å²) in [4.78, 5) is 17.8. The van der Waals surface area contributed by atoms with Crippen LogP contribution >= 0.6 is 0 Å². The van der Waals surface area contributed by atoms with Crippen LogP contribution in [-0.4, -0.2) is 16.8 Å². The fourth-order valence-corrected chi connectivity index (χ4v) is 2.70. The fraction of sp³-hybridized carbons (Fsp3) is 0.250. The highest BCUT2D eigenvalue weighted by molar-refractivity contribution is 5.92. The topological polar surface area (TPSA) is 33.2 Å². The standard InChI is InChI=1S/C16H16N2O/c1-11-9-13-5-3-4-6-16(13)18(11)14-7-8-15(12(2)19)17-10-14/h3-8,10-11H,9H2,1-2H3. The Kier molecular flexibility index (Phi) is 2.82. The highest BCUT2D eigenvalue weighted by Crippen LogP contribution is 2.37. The Balaban J connectivity index is 2.00. The van der Waals surface area contributed by atoms with Crippen LogP contribution in [-0.2, 0) is 6.42 Å². The van der Waals surface area contributed by atoms with Crippen LogP contribution in [0.4, 0.5) is 11.4 Å². The molecule has 1 aromatic heterocycles. The smallest absolute Gasteiger partial charge is 0.178 e. The molecule has 2 heterocycles. The Labute approximate surface area is 112 Å². The monoisotopic (exact) mass is 252 g/mol. The molecule has 0 bridgehead atoms. The minimum absolute atomic E-state index is 0.00132. The number of hydrogen-bond acceptors (Lipinski definition) is 3. The summed E-state index contributed by atoms with van der Waals surface area (Å²) in [6.45, 7) is 3.74. The molecule has 0 N–H and O–H groups in total. The third kappa shape index (κ3) is 2.01. The SMILES string of the molecule is CC(=O)c1ccc(N2c3ccccc3CC2C)cn1. The van der Waals surface area contributed by atoms with E-state index in [-0.39, 0.29) is 5.78 Å². The van der Waals surface area contributed by atoms with Gasteiger partial charge in [0, 0.05) is 18.7 Å². The molecule has 3 heteroatoms. The van der Waals surface area contributed by atoms with E-state index in [0.717, 1.165) is 12.1 Å². The van der Waals surface area contributed by atoms with E-state index in [9.17, 15) is 4.79 Å². The number of pyridine rings is 1. The average Bonchev–Trinajstić information content (AvgIpc) is 2.74. The Morgan fingerprint density at radius 1 is 1.26 bits per heavy atom. The lowest BCUT2D eigenvalue weighted by molar-refractivity contribution is 0.101. The molecular formula is C16H16N2O. The van der Waals surface area contributed by atoms with Crippen LogP contribution in [0.15, 0.2) is 42.6 Å². The number of para-hydroxylation sites is 1. The lowest BCUT2D eigenvalue weighted by Gasteiger charge is -2.24. The van der Waals surface area contributed by atoms with E-state index in [2.05, 4.69) is 41.1 Å². The van der Waals surface area contributed by atoms with Crippen LogP contribution in [0.3, 0.4) is 0 Å². The zero-order valence-electron chi connectivity index (χ0n) is 11.1. The van der Waals surface area contributed by atoms with Crippen LogP contribution in [0.25, 0.3) is 0 Å². The highest BCUT2D eigenvalue weighted by Gasteiger charge is 2.26. The summed E-state index contributed by atoms with van der Waals surface area (Å²) < 4.78 is 0.